The lowest BCUT2D eigenvalue weighted by Crippen LogP contribution is -2.49. The van der Waals surface area contributed by atoms with Crippen molar-refractivity contribution in [1.29, 1.82) is 0 Å². The summed E-state index contributed by atoms with van der Waals surface area (Å²) in [5.74, 6) is -0.153. The van der Waals surface area contributed by atoms with Gasteiger partial charge in [-0.3, -0.25) is 4.79 Å². The number of carbonyl (C=O) groups excluding carboxylic acids is 1. The molecular weight excluding hydrogens is 278 g/mol. The third-order valence-corrected chi connectivity index (χ3v) is 3.99. The molecule has 1 rings (SSSR count). The molecule has 0 heterocycles. The summed E-state index contributed by atoms with van der Waals surface area (Å²) >= 11 is 0. The van der Waals surface area contributed by atoms with E-state index in [1.807, 2.05) is 12.1 Å². The van der Waals surface area contributed by atoms with Crippen LogP contribution in [-0.4, -0.2) is 34.7 Å². The lowest BCUT2D eigenvalue weighted by atomic mass is 9.92. The number of nitrogens with two attached hydrogens (primary N) is 1. The van der Waals surface area contributed by atoms with E-state index in [0.29, 0.717) is 5.56 Å². The summed E-state index contributed by atoms with van der Waals surface area (Å²) in [6, 6.07) is 7.56. The number of aryl methyl sites for hydroxylation is 1. The van der Waals surface area contributed by atoms with Crippen molar-refractivity contribution >= 4 is 5.78 Å². The van der Waals surface area contributed by atoms with Crippen LogP contribution in [0.3, 0.4) is 0 Å². The molecule has 0 radical (unpaired) electrons. The molecule has 4 N–H and O–H groups in total. The zero-order chi connectivity index (χ0) is 16.4. The van der Waals surface area contributed by atoms with Gasteiger partial charge in [0.2, 0.25) is 0 Å². The van der Waals surface area contributed by atoms with Crippen molar-refractivity contribution in [3.8, 4) is 0 Å². The summed E-state index contributed by atoms with van der Waals surface area (Å²) in [5.41, 5.74) is 6.32. The van der Waals surface area contributed by atoms with Crippen molar-refractivity contribution in [3.05, 3.63) is 35.4 Å². The fourth-order valence-corrected chi connectivity index (χ4v) is 2.37. The van der Waals surface area contributed by atoms with Gasteiger partial charge in [-0.05, 0) is 18.4 Å². The Hall–Kier alpha value is -1.23. The van der Waals surface area contributed by atoms with Crippen LogP contribution < -0.4 is 5.73 Å². The Morgan fingerprint density at radius 2 is 1.64 bits per heavy atom. The van der Waals surface area contributed by atoms with Crippen LogP contribution in [0.2, 0.25) is 0 Å². The van der Waals surface area contributed by atoms with Crippen molar-refractivity contribution in [3.63, 3.8) is 0 Å². The molecule has 22 heavy (non-hydrogen) atoms. The highest BCUT2D eigenvalue weighted by molar-refractivity contribution is 5.96. The number of hydrogen-bond donors (Lipinski definition) is 3. The van der Waals surface area contributed by atoms with Crippen LogP contribution in [0, 0.1) is 0 Å². The van der Waals surface area contributed by atoms with Crippen LogP contribution in [0.15, 0.2) is 24.3 Å². The average molecular weight is 307 g/mol. The molecule has 124 valence electrons. The van der Waals surface area contributed by atoms with E-state index in [-0.39, 0.29) is 12.2 Å². The summed E-state index contributed by atoms with van der Waals surface area (Å²) in [5, 5.41) is 18.3. The molecule has 0 spiro atoms. The first kappa shape index (κ1) is 18.8. The second-order valence-electron chi connectivity index (χ2n) is 6.14. The van der Waals surface area contributed by atoms with E-state index in [4.69, 9.17) is 15.9 Å². The largest absolute Gasteiger partial charge is 0.394 e. The SMILES string of the molecule is CCCCCCCc1ccc(C(=O)CC(N)(CO)CO)cc1. The zero-order valence-electron chi connectivity index (χ0n) is 13.6. The molecule has 0 aromatic heterocycles. The van der Waals surface area contributed by atoms with E-state index in [1.54, 1.807) is 12.1 Å². The second kappa shape index (κ2) is 9.72. The molecule has 0 saturated carbocycles. The summed E-state index contributed by atoms with van der Waals surface area (Å²) in [4.78, 5) is 12.1. The van der Waals surface area contributed by atoms with E-state index in [0.717, 1.165) is 6.42 Å². The van der Waals surface area contributed by atoms with Gasteiger partial charge in [-0.15, -0.1) is 0 Å². The van der Waals surface area contributed by atoms with Gasteiger partial charge < -0.3 is 15.9 Å². The minimum Gasteiger partial charge on any atom is -0.394 e. The molecule has 0 unspecified atom stereocenters. The Bertz CT molecular complexity index is 438. The highest BCUT2D eigenvalue weighted by Crippen LogP contribution is 2.14. The lowest BCUT2D eigenvalue weighted by molar-refractivity contribution is 0.0809. The molecule has 4 nitrogen and oxygen atoms in total. The van der Waals surface area contributed by atoms with E-state index in [1.165, 1.54) is 37.7 Å². The number of Topliss-reactive ketones (excluding diaryl/α,β-unsaturated/α-hetero) is 1. The van der Waals surface area contributed by atoms with E-state index in [2.05, 4.69) is 6.92 Å². The smallest absolute Gasteiger partial charge is 0.164 e. The molecular formula is C18H29NO3. The standard InChI is InChI=1S/C18H29NO3/c1-2-3-4-5-6-7-15-8-10-16(11-9-15)17(22)12-18(19,13-20)14-21/h8-11,20-21H,2-7,12-14,19H2,1H3. The number of benzene rings is 1. The quantitative estimate of drug-likeness (QED) is 0.433. The van der Waals surface area contributed by atoms with Gasteiger partial charge in [-0.1, -0.05) is 56.9 Å². The second-order valence-corrected chi connectivity index (χ2v) is 6.14. The molecule has 0 atom stereocenters. The summed E-state index contributed by atoms with van der Waals surface area (Å²) < 4.78 is 0. The molecule has 0 amide bonds. The van der Waals surface area contributed by atoms with Crippen molar-refractivity contribution in [1.82, 2.24) is 0 Å². The molecule has 0 aliphatic carbocycles. The van der Waals surface area contributed by atoms with Gasteiger partial charge in [0.25, 0.3) is 0 Å². The Kier molecular flexibility index (Phi) is 8.31. The molecule has 0 aliphatic rings. The van der Waals surface area contributed by atoms with E-state index in [9.17, 15) is 4.79 Å². The number of ketones is 1. The van der Waals surface area contributed by atoms with Gasteiger partial charge in [0.15, 0.2) is 5.78 Å². The van der Waals surface area contributed by atoms with Gasteiger partial charge in [0.1, 0.15) is 0 Å². The Morgan fingerprint density at radius 1 is 1.05 bits per heavy atom. The van der Waals surface area contributed by atoms with Gasteiger partial charge in [-0.25, -0.2) is 0 Å². The van der Waals surface area contributed by atoms with Crippen LogP contribution in [-0.2, 0) is 6.42 Å². The van der Waals surface area contributed by atoms with Crippen LogP contribution in [0.4, 0.5) is 0 Å². The Labute approximate surface area is 133 Å². The van der Waals surface area contributed by atoms with Crippen LogP contribution in [0.5, 0.6) is 0 Å². The van der Waals surface area contributed by atoms with E-state index < -0.39 is 18.8 Å². The molecule has 1 aromatic carbocycles. The molecule has 0 saturated heterocycles. The summed E-state index contributed by atoms with van der Waals surface area (Å²) in [6.07, 6.45) is 7.23. The maximum Gasteiger partial charge on any atom is 0.164 e. The summed E-state index contributed by atoms with van der Waals surface area (Å²) in [7, 11) is 0. The third-order valence-electron chi connectivity index (χ3n) is 3.99. The van der Waals surface area contributed by atoms with Gasteiger partial charge in [-0.2, -0.15) is 0 Å². The van der Waals surface area contributed by atoms with Crippen LogP contribution >= 0.6 is 0 Å². The van der Waals surface area contributed by atoms with Crippen LogP contribution in [0.25, 0.3) is 0 Å². The summed E-state index contributed by atoms with van der Waals surface area (Å²) in [6.45, 7) is 1.38. The number of aliphatic hydroxyl groups excluding tert-OH is 2. The normalized spacial score (nSPS) is 11.6. The fraction of sp³-hybridized carbons (Fsp3) is 0.611. The van der Waals surface area contributed by atoms with Crippen molar-refractivity contribution in [2.24, 2.45) is 5.73 Å². The number of unbranched alkanes of at least 4 members (excludes halogenated alkanes) is 4. The van der Waals surface area contributed by atoms with Crippen molar-refractivity contribution < 1.29 is 15.0 Å². The predicted octanol–water partition coefficient (Wildman–Crippen LogP) is 2.45. The number of hydrogen-bond acceptors (Lipinski definition) is 4. The third kappa shape index (κ3) is 6.26. The molecule has 0 fully saturated rings. The monoisotopic (exact) mass is 307 g/mol. The average Bonchev–Trinajstić information content (AvgIpc) is 2.55. The lowest BCUT2D eigenvalue weighted by Gasteiger charge is -2.23. The maximum atomic E-state index is 12.1. The minimum atomic E-state index is -1.24. The highest BCUT2D eigenvalue weighted by Gasteiger charge is 2.27. The molecule has 0 aliphatic heterocycles. The van der Waals surface area contributed by atoms with Crippen molar-refractivity contribution in [2.75, 3.05) is 13.2 Å². The predicted molar refractivity (Wildman–Crippen MR) is 88.9 cm³/mol. The fourth-order valence-electron chi connectivity index (χ4n) is 2.37. The number of rotatable bonds is 11. The topological polar surface area (TPSA) is 83.6 Å². The number of carbonyl (C=O) groups is 1. The molecule has 1 aromatic rings. The highest BCUT2D eigenvalue weighted by atomic mass is 16.3. The van der Waals surface area contributed by atoms with Crippen LogP contribution in [0.1, 0.15) is 61.4 Å². The first-order chi connectivity index (χ1) is 10.5. The van der Waals surface area contributed by atoms with Gasteiger partial charge >= 0.3 is 0 Å². The molecule has 4 heteroatoms. The number of aliphatic hydroxyl groups is 2. The van der Waals surface area contributed by atoms with E-state index >= 15 is 0 Å². The first-order valence-electron chi connectivity index (χ1n) is 8.17. The van der Waals surface area contributed by atoms with Gasteiger partial charge in [0.05, 0.1) is 18.8 Å². The van der Waals surface area contributed by atoms with Gasteiger partial charge in [0, 0.05) is 12.0 Å². The maximum absolute atomic E-state index is 12.1. The zero-order valence-corrected chi connectivity index (χ0v) is 13.6. The Morgan fingerprint density at radius 3 is 2.18 bits per heavy atom. The van der Waals surface area contributed by atoms with Crippen molar-refractivity contribution in [2.45, 2.75) is 57.4 Å². The Balaban J connectivity index is 2.48. The molecule has 0 bridgehead atoms. The minimum absolute atomic E-state index is 0.0592. The first-order valence-corrected chi connectivity index (χ1v) is 8.17.